The van der Waals surface area contributed by atoms with Gasteiger partial charge in [-0.2, -0.15) is 0 Å². The van der Waals surface area contributed by atoms with Gasteiger partial charge < -0.3 is 4.74 Å². The van der Waals surface area contributed by atoms with Crippen molar-refractivity contribution < 1.29 is 9.53 Å². The average molecular weight is 397 g/mol. The third-order valence-corrected chi connectivity index (χ3v) is 11.1. The van der Waals surface area contributed by atoms with Gasteiger partial charge in [0.1, 0.15) is 5.60 Å². The molecule has 8 rings (SSSR count). The second-order valence-electron chi connectivity index (χ2n) is 12.5. The van der Waals surface area contributed by atoms with Crippen molar-refractivity contribution in [2.75, 3.05) is 0 Å². The van der Waals surface area contributed by atoms with Gasteiger partial charge in [0, 0.05) is 5.57 Å². The summed E-state index contributed by atoms with van der Waals surface area (Å²) in [5.41, 5.74) is 0.971. The first kappa shape index (κ1) is 18.9. The van der Waals surface area contributed by atoms with Gasteiger partial charge in [0.05, 0.1) is 0 Å². The Morgan fingerprint density at radius 2 is 1.21 bits per heavy atom. The first-order valence-corrected chi connectivity index (χ1v) is 12.8. The lowest BCUT2D eigenvalue weighted by atomic mass is 9.44. The molecule has 0 aromatic rings. The quantitative estimate of drug-likeness (QED) is 0.398. The molecule has 0 N–H and O–H groups in total. The third-order valence-electron chi connectivity index (χ3n) is 11.1. The predicted molar refractivity (Wildman–Crippen MR) is 115 cm³/mol. The molecule has 8 fully saturated rings. The van der Waals surface area contributed by atoms with Crippen LogP contribution >= 0.6 is 0 Å². The molecule has 8 aliphatic carbocycles. The Morgan fingerprint density at radius 1 is 0.793 bits per heavy atom. The van der Waals surface area contributed by atoms with Crippen molar-refractivity contribution in [2.45, 2.75) is 97.0 Å². The first-order valence-electron chi connectivity index (χ1n) is 12.8. The van der Waals surface area contributed by atoms with E-state index in [9.17, 15) is 4.79 Å². The molecule has 0 aliphatic heterocycles. The Labute approximate surface area is 177 Å². The van der Waals surface area contributed by atoms with E-state index in [1.54, 1.807) is 0 Å². The van der Waals surface area contributed by atoms with E-state index in [4.69, 9.17) is 4.74 Å². The summed E-state index contributed by atoms with van der Waals surface area (Å²) < 4.78 is 6.45. The number of rotatable bonds is 4. The van der Waals surface area contributed by atoms with Crippen LogP contribution in [0.2, 0.25) is 0 Å². The molecular weight excluding hydrogens is 356 g/mol. The van der Waals surface area contributed by atoms with Crippen LogP contribution in [-0.2, 0) is 9.53 Å². The minimum absolute atomic E-state index is 0.00149. The van der Waals surface area contributed by atoms with Crippen LogP contribution < -0.4 is 0 Å². The number of ether oxygens (including phenoxy) is 1. The molecule has 8 saturated carbocycles. The molecule has 0 heterocycles. The second kappa shape index (κ2) is 6.36. The Morgan fingerprint density at radius 3 is 1.62 bits per heavy atom. The zero-order valence-corrected chi connectivity index (χ0v) is 18.8. The molecule has 0 unspecified atom stereocenters. The lowest BCUT2D eigenvalue weighted by Gasteiger charge is -2.61. The summed E-state index contributed by atoms with van der Waals surface area (Å²) in [6, 6.07) is 0. The maximum absolute atomic E-state index is 13.4. The van der Waals surface area contributed by atoms with E-state index in [2.05, 4.69) is 26.8 Å². The molecule has 0 amide bonds. The highest BCUT2D eigenvalue weighted by atomic mass is 16.6. The number of carbonyl (C=O) groups excluding carboxylic acids is 1. The topological polar surface area (TPSA) is 26.3 Å². The van der Waals surface area contributed by atoms with Gasteiger partial charge in [-0.15, -0.1) is 0 Å². The molecule has 2 nitrogen and oxygen atoms in total. The van der Waals surface area contributed by atoms with Crippen molar-refractivity contribution in [2.24, 2.45) is 52.8 Å². The molecule has 160 valence electrons. The highest BCUT2D eigenvalue weighted by molar-refractivity contribution is 5.88. The number of carbonyl (C=O) groups is 1. The van der Waals surface area contributed by atoms with Crippen LogP contribution in [0.3, 0.4) is 0 Å². The molecule has 0 radical (unpaired) electrons. The van der Waals surface area contributed by atoms with E-state index in [1.807, 2.05) is 0 Å². The van der Waals surface area contributed by atoms with Gasteiger partial charge in [-0.05, 0) is 137 Å². The minimum Gasteiger partial charge on any atom is -0.455 e. The third kappa shape index (κ3) is 2.69. The lowest BCUT2D eigenvalue weighted by Crippen LogP contribution is -2.58. The summed E-state index contributed by atoms with van der Waals surface area (Å²) in [5, 5.41) is 0. The van der Waals surface area contributed by atoms with E-state index < -0.39 is 0 Å². The number of hydrogen-bond acceptors (Lipinski definition) is 2. The van der Waals surface area contributed by atoms with Crippen molar-refractivity contribution >= 4 is 5.97 Å². The van der Waals surface area contributed by atoms with Gasteiger partial charge in [0.25, 0.3) is 0 Å². The van der Waals surface area contributed by atoms with E-state index in [1.165, 1.54) is 70.6 Å². The van der Waals surface area contributed by atoms with Crippen LogP contribution in [0.4, 0.5) is 0 Å². The number of esters is 1. The second-order valence-corrected chi connectivity index (χ2v) is 12.5. The van der Waals surface area contributed by atoms with Gasteiger partial charge in [-0.3, -0.25) is 0 Å². The summed E-state index contributed by atoms with van der Waals surface area (Å²) in [7, 11) is 0. The normalized spacial score (nSPS) is 54.8. The molecule has 8 aliphatic rings. The maximum Gasteiger partial charge on any atom is 0.333 e. The fraction of sp³-hybridized carbons (Fsp3) is 0.889. The zero-order valence-electron chi connectivity index (χ0n) is 18.8. The largest absolute Gasteiger partial charge is 0.455 e. The molecule has 0 saturated heterocycles. The van der Waals surface area contributed by atoms with Crippen LogP contribution in [0.15, 0.2) is 11.6 Å². The molecule has 8 bridgehead atoms. The SMILES string of the molecule is CCC1(C=C(C)C(=O)OC2(C)C3CC4CC(C3)CC2C4)C2CC3CC(C2)CC1C3. The Bertz CT molecular complexity index is 675. The van der Waals surface area contributed by atoms with Crippen LogP contribution in [0.5, 0.6) is 0 Å². The van der Waals surface area contributed by atoms with E-state index in [-0.39, 0.29) is 17.0 Å². The van der Waals surface area contributed by atoms with E-state index in [0.717, 1.165) is 41.1 Å². The number of hydrogen-bond donors (Lipinski definition) is 0. The highest BCUT2D eigenvalue weighted by Gasteiger charge is 2.58. The Hall–Kier alpha value is -0.790. The fourth-order valence-electron chi connectivity index (χ4n) is 10.0. The minimum atomic E-state index is -0.205. The van der Waals surface area contributed by atoms with Crippen LogP contribution in [0.25, 0.3) is 0 Å². The fourth-order valence-corrected chi connectivity index (χ4v) is 10.0. The molecule has 0 aromatic carbocycles. The molecule has 0 spiro atoms. The lowest BCUT2D eigenvalue weighted by molar-refractivity contribution is -0.199. The molecule has 0 aromatic heterocycles. The van der Waals surface area contributed by atoms with Crippen LogP contribution in [-0.4, -0.2) is 11.6 Å². The predicted octanol–water partition coefficient (Wildman–Crippen LogP) is 6.54. The van der Waals surface area contributed by atoms with E-state index >= 15 is 0 Å². The maximum atomic E-state index is 13.4. The summed E-state index contributed by atoms with van der Waals surface area (Å²) in [5.74, 6) is 6.62. The van der Waals surface area contributed by atoms with Gasteiger partial charge in [-0.1, -0.05) is 13.0 Å². The van der Waals surface area contributed by atoms with Gasteiger partial charge in [0.2, 0.25) is 0 Å². The zero-order chi connectivity index (χ0) is 20.0. The summed E-state index contributed by atoms with van der Waals surface area (Å²) in [6.45, 7) is 6.71. The summed E-state index contributed by atoms with van der Waals surface area (Å²) in [4.78, 5) is 13.4. The smallest absolute Gasteiger partial charge is 0.333 e. The standard InChI is InChI=1S/C27H40O2/c1-4-27(23-11-19-6-20(13-23)14-24(27)12-19)15-16(2)25(28)29-26(3)21-7-17-5-18(9-21)10-22(26)8-17/h15,17-24H,4-14H2,1-3H3. The molecule has 2 heteroatoms. The van der Waals surface area contributed by atoms with Crippen molar-refractivity contribution in [3.05, 3.63) is 11.6 Å². The van der Waals surface area contributed by atoms with Crippen molar-refractivity contribution in [1.29, 1.82) is 0 Å². The summed E-state index contributed by atoms with van der Waals surface area (Å²) in [6.07, 6.45) is 17.4. The monoisotopic (exact) mass is 396 g/mol. The van der Waals surface area contributed by atoms with Crippen molar-refractivity contribution in [3.63, 3.8) is 0 Å². The molecule has 0 atom stereocenters. The van der Waals surface area contributed by atoms with Crippen molar-refractivity contribution in [3.8, 4) is 0 Å². The number of allylic oxidation sites excluding steroid dienone is 1. The van der Waals surface area contributed by atoms with E-state index in [0.29, 0.717) is 11.8 Å². The van der Waals surface area contributed by atoms with Crippen LogP contribution in [0, 0.1) is 52.8 Å². The molecule has 29 heavy (non-hydrogen) atoms. The van der Waals surface area contributed by atoms with Gasteiger partial charge in [-0.25, -0.2) is 4.79 Å². The highest BCUT2D eigenvalue weighted by Crippen LogP contribution is 2.64. The Balaban J connectivity index is 1.24. The molecular formula is C27H40O2. The van der Waals surface area contributed by atoms with Gasteiger partial charge >= 0.3 is 5.97 Å². The van der Waals surface area contributed by atoms with Gasteiger partial charge in [0.15, 0.2) is 0 Å². The summed E-state index contributed by atoms with van der Waals surface area (Å²) >= 11 is 0. The average Bonchev–Trinajstić information content (AvgIpc) is 2.68. The Kier molecular flexibility index (Phi) is 4.15. The van der Waals surface area contributed by atoms with Crippen LogP contribution in [0.1, 0.15) is 91.4 Å². The van der Waals surface area contributed by atoms with Crippen molar-refractivity contribution in [1.82, 2.24) is 0 Å². The first-order chi connectivity index (χ1) is 13.9.